The number of sulfonamides is 1. The number of amides is 1. The van der Waals surface area contributed by atoms with Crippen molar-refractivity contribution in [3.8, 4) is 0 Å². The predicted octanol–water partition coefficient (Wildman–Crippen LogP) is 3.39. The molecule has 0 aliphatic rings. The fraction of sp³-hybridized carbons (Fsp3) is 0.118. The quantitative estimate of drug-likeness (QED) is 0.611. The van der Waals surface area contributed by atoms with Crippen LogP contribution in [0.2, 0.25) is 10.0 Å². The molecule has 0 radical (unpaired) electrons. The number of carbonyl (C=O) groups excluding carboxylic acids is 1. The SMILES string of the molecule is CC(=O)Nc1ccc(S(=O)(=O)Nc2ncn(Cc3ccc(Cl)cc3Cl)n2)cc1. The lowest BCUT2D eigenvalue weighted by Crippen LogP contribution is -2.14. The molecule has 1 heterocycles. The first-order chi connectivity index (χ1) is 13.2. The van der Waals surface area contributed by atoms with Crippen molar-refractivity contribution in [1.82, 2.24) is 14.8 Å². The van der Waals surface area contributed by atoms with Gasteiger partial charge in [-0.05, 0) is 42.0 Å². The predicted molar refractivity (Wildman–Crippen MR) is 107 cm³/mol. The molecular weight excluding hydrogens is 425 g/mol. The summed E-state index contributed by atoms with van der Waals surface area (Å²) >= 11 is 12.0. The van der Waals surface area contributed by atoms with Gasteiger partial charge in [0, 0.05) is 22.7 Å². The van der Waals surface area contributed by atoms with Gasteiger partial charge in [0.05, 0.1) is 11.4 Å². The molecule has 11 heteroatoms. The molecule has 2 aromatic carbocycles. The molecule has 1 amide bonds. The molecule has 0 fully saturated rings. The zero-order valence-electron chi connectivity index (χ0n) is 14.6. The molecule has 146 valence electrons. The first-order valence-corrected chi connectivity index (χ1v) is 10.2. The van der Waals surface area contributed by atoms with E-state index in [1.807, 2.05) is 0 Å². The normalized spacial score (nSPS) is 11.2. The third kappa shape index (κ3) is 5.00. The molecule has 8 nitrogen and oxygen atoms in total. The van der Waals surface area contributed by atoms with Crippen molar-refractivity contribution in [3.05, 3.63) is 64.4 Å². The summed E-state index contributed by atoms with van der Waals surface area (Å²) in [6.45, 7) is 1.67. The molecule has 2 N–H and O–H groups in total. The first kappa shape index (κ1) is 20.1. The average molecular weight is 440 g/mol. The maximum Gasteiger partial charge on any atom is 0.264 e. The van der Waals surface area contributed by atoms with Crippen LogP contribution in [-0.2, 0) is 21.4 Å². The lowest BCUT2D eigenvalue weighted by Gasteiger charge is -2.07. The van der Waals surface area contributed by atoms with Crippen LogP contribution in [0.1, 0.15) is 12.5 Å². The van der Waals surface area contributed by atoms with Crippen molar-refractivity contribution >= 4 is 50.8 Å². The van der Waals surface area contributed by atoms with E-state index in [1.54, 1.807) is 18.2 Å². The van der Waals surface area contributed by atoms with Gasteiger partial charge in [-0.15, -0.1) is 5.10 Å². The maximum absolute atomic E-state index is 12.5. The van der Waals surface area contributed by atoms with E-state index < -0.39 is 10.0 Å². The highest BCUT2D eigenvalue weighted by molar-refractivity contribution is 7.92. The molecule has 0 saturated carbocycles. The average Bonchev–Trinajstić information content (AvgIpc) is 3.03. The molecule has 3 rings (SSSR count). The Morgan fingerprint density at radius 1 is 1.14 bits per heavy atom. The van der Waals surface area contributed by atoms with Crippen LogP contribution in [0.3, 0.4) is 0 Å². The van der Waals surface area contributed by atoms with Crippen molar-refractivity contribution in [2.45, 2.75) is 18.4 Å². The molecule has 0 atom stereocenters. The van der Waals surface area contributed by atoms with E-state index in [2.05, 4.69) is 20.1 Å². The molecule has 0 spiro atoms. The van der Waals surface area contributed by atoms with Gasteiger partial charge in [-0.1, -0.05) is 29.3 Å². The number of carbonyl (C=O) groups is 1. The number of rotatable bonds is 6. The van der Waals surface area contributed by atoms with Crippen LogP contribution in [-0.4, -0.2) is 29.1 Å². The van der Waals surface area contributed by atoms with Crippen LogP contribution in [0.25, 0.3) is 0 Å². The van der Waals surface area contributed by atoms with E-state index in [0.29, 0.717) is 22.3 Å². The summed E-state index contributed by atoms with van der Waals surface area (Å²) in [4.78, 5) is 15.0. The summed E-state index contributed by atoms with van der Waals surface area (Å²) in [5, 5.41) is 7.66. The second-order valence-corrected chi connectivity index (χ2v) is 8.34. The molecular formula is C17H15Cl2N5O3S. The third-order valence-electron chi connectivity index (χ3n) is 3.59. The van der Waals surface area contributed by atoms with Crippen LogP contribution in [0.5, 0.6) is 0 Å². The Morgan fingerprint density at radius 3 is 2.50 bits per heavy atom. The van der Waals surface area contributed by atoms with E-state index in [9.17, 15) is 13.2 Å². The smallest absolute Gasteiger partial charge is 0.264 e. The molecule has 0 unspecified atom stereocenters. The van der Waals surface area contributed by atoms with Gasteiger partial charge in [-0.3, -0.25) is 4.79 Å². The Balaban J connectivity index is 1.72. The fourth-order valence-corrected chi connectivity index (χ4v) is 3.76. The second-order valence-electron chi connectivity index (χ2n) is 5.81. The summed E-state index contributed by atoms with van der Waals surface area (Å²) in [5.41, 5.74) is 1.26. The van der Waals surface area contributed by atoms with E-state index in [-0.39, 0.29) is 16.8 Å². The monoisotopic (exact) mass is 439 g/mol. The van der Waals surface area contributed by atoms with E-state index in [0.717, 1.165) is 5.56 Å². The van der Waals surface area contributed by atoms with E-state index >= 15 is 0 Å². The van der Waals surface area contributed by atoms with Gasteiger partial charge < -0.3 is 5.32 Å². The van der Waals surface area contributed by atoms with Gasteiger partial charge in [-0.25, -0.2) is 17.8 Å². The molecule has 1 aromatic heterocycles. The van der Waals surface area contributed by atoms with Crippen molar-refractivity contribution in [3.63, 3.8) is 0 Å². The van der Waals surface area contributed by atoms with Gasteiger partial charge in [0.15, 0.2) is 0 Å². The van der Waals surface area contributed by atoms with Crippen LogP contribution in [0.15, 0.2) is 53.7 Å². The number of hydrogen-bond acceptors (Lipinski definition) is 5. The third-order valence-corrected chi connectivity index (χ3v) is 5.53. The minimum Gasteiger partial charge on any atom is -0.326 e. The van der Waals surface area contributed by atoms with Crippen molar-refractivity contribution in [2.75, 3.05) is 10.0 Å². The first-order valence-electron chi connectivity index (χ1n) is 7.97. The van der Waals surface area contributed by atoms with E-state index in [1.165, 1.54) is 42.2 Å². The van der Waals surface area contributed by atoms with Crippen molar-refractivity contribution in [1.29, 1.82) is 0 Å². The summed E-state index contributed by atoms with van der Waals surface area (Å²) in [6, 6.07) is 10.8. The maximum atomic E-state index is 12.5. The molecule has 0 saturated heterocycles. The molecule has 0 aliphatic heterocycles. The second kappa shape index (κ2) is 8.17. The zero-order valence-corrected chi connectivity index (χ0v) is 16.9. The highest BCUT2D eigenvalue weighted by Crippen LogP contribution is 2.22. The Kier molecular flexibility index (Phi) is 5.87. The number of nitrogens with one attached hydrogen (secondary N) is 2. The van der Waals surface area contributed by atoms with Gasteiger partial charge in [0.1, 0.15) is 6.33 Å². The lowest BCUT2D eigenvalue weighted by molar-refractivity contribution is -0.114. The van der Waals surface area contributed by atoms with Crippen LogP contribution >= 0.6 is 23.2 Å². The van der Waals surface area contributed by atoms with Gasteiger partial charge in [-0.2, -0.15) is 4.98 Å². The Labute approximate surface area is 171 Å². The topological polar surface area (TPSA) is 106 Å². The minimum absolute atomic E-state index is 0.0127. The molecule has 0 bridgehead atoms. The molecule has 3 aromatic rings. The Bertz CT molecular complexity index is 1110. The summed E-state index contributed by atoms with van der Waals surface area (Å²) in [6.07, 6.45) is 1.39. The van der Waals surface area contributed by atoms with Crippen molar-refractivity contribution in [2.24, 2.45) is 0 Å². The summed E-state index contributed by atoms with van der Waals surface area (Å²) < 4.78 is 28.7. The van der Waals surface area contributed by atoms with Gasteiger partial charge >= 0.3 is 0 Å². The van der Waals surface area contributed by atoms with Crippen LogP contribution in [0, 0.1) is 0 Å². The largest absolute Gasteiger partial charge is 0.326 e. The summed E-state index contributed by atoms with van der Waals surface area (Å²) in [7, 11) is -3.88. The lowest BCUT2D eigenvalue weighted by atomic mass is 10.2. The number of halogens is 2. The number of aromatic nitrogens is 3. The number of benzene rings is 2. The van der Waals surface area contributed by atoms with Crippen molar-refractivity contribution < 1.29 is 13.2 Å². The molecule has 0 aliphatic carbocycles. The summed E-state index contributed by atoms with van der Waals surface area (Å²) in [5.74, 6) is -0.319. The minimum atomic E-state index is -3.88. The fourth-order valence-electron chi connectivity index (χ4n) is 2.34. The van der Waals surface area contributed by atoms with Crippen LogP contribution < -0.4 is 10.0 Å². The van der Waals surface area contributed by atoms with Gasteiger partial charge in [0.25, 0.3) is 16.0 Å². The van der Waals surface area contributed by atoms with E-state index in [4.69, 9.17) is 23.2 Å². The molecule has 28 heavy (non-hydrogen) atoms. The highest BCUT2D eigenvalue weighted by Gasteiger charge is 2.17. The zero-order chi connectivity index (χ0) is 20.3. The number of anilines is 2. The highest BCUT2D eigenvalue weighted by atomic mass is 35.5. The van der Waals surface area contributed by atoms with Crippen LogP contribution in [0.4, 0.5) is 11.6 Å². The Hall–Kier alpha value is -2.62. The number of hydrogen-bond donors (Lipinski definition) is 2. The number of nitrogens with zero attached hydrogens (tertiary/aromatic N) is 3. The Morgan fingerprint density at radius 2 is 1.86 bits per heavy atom. The van der Waals surface area contributed by atoms with Gasteiger partial charge in [0.2, 0.25) is 5.91 Å². The standard InChI is InChI=1S/C17H15Cl2N5O3S/c1-11(25)21-14-4-6-15(7-5-14)28(26,27)23-17-20-10-24(22-17)9-12-2-3-13(18)8-16(12)19/h2-8,10H,9H2,1H3,(H,21,25)(H,22,23).